The predicted molar refractivity (Wildman–Crippen MR) is 56.3 cm³/mol. The molecular weight excluding hydrogens is 184 g/mol. The first-order valence-electron chi connectivity index (χ1n) is 4.37. The topological polar surface area (TPSA) is 17.3 Å². The van der Waals surface area contributed by atoms with Gasteiger partial charge in [-0.2, -0.15) is 5.10 Å². The van der Waals surface area contributed by atoms with Gasteiger partial charge in [-0.3, -0.25) is 0 Å². The van der Waals surface area contributed by atoms with Gasteiger partial charge in [-0.15, -0.1) is 0 Å². The molecule has 70 valence electrons. The van der Waals surface area contributed by atoms with E-state index in [9.17, 15) is 0 Å². The molecule has 2 aromatic heterocycles. The molecule has 2 nitrogen and oxygen atoms in total. The maximum absolute atomic E-state index is 5.94. The van der Waals surface area contributed by atoms with Gasteiger partial charge in [-0.1, -0.05) is 25.4 Å². The molecule has 2 aromatic rings. The third-order valence-corrected chi connectivity index (χ3v) is 1.98. The molecule has 3 heteroatoms. The smallest absolute Gasteiger partial charge is 0.0876 e. The van der Waals surface area contributed by atoms with Crippen molar-refractivity contribution in [2.45, 2.75) is 20.8 Å². The highest BCUT2D eigenvalue weighted by atomic mass is 35.5. The standard InChI is InChI=1S/C8H7ClN2.C2H6/c1-6-5-10-11-4-2-3-7(9)8(6)11;1-2/h2-5H,1H3;1-2H3. The van der Waals surface area contributed by atoms with Crippen LogP contribution < -0.4 is 0 Å². The molecule has 0 amide bonds. The molecule has 0 atom stereocenters. The van der Waals surface area contributed by atoms with Crippen molar-refractivity contribution < 1.29 is 0 Å². The van der Waals surface area contributed by atoms with Crippen LogP contribution in [0.2, 0.25) is 5.02 Å². The van der Waals surface area contributed by atoms with Gasteiger partial charge in [0, 0.05) is 6.20 Å². The molecular formula is C10H13ClN2. The predicted octanol–water partition coefficient (Wildman–Crippen LogP) is 3.32. The van der Waals surface area contributed by atoms with Crippen LogP contribution in [0.1, 0.15) is 19.4 Å². The number of aryl methyl sites for hydroxylation is 1. The maximum atomic E-state index is 5.94. The third-order valence-electron chi connectivity index (χ3n) is 1.67. The molecule has 0 fully saturated rings. The molecule has 0 aromatic carbocycles. The Morgan fingerprint density at radius 2 is 2.08 bits per heavy atom. The highest BCUT2D eigenvalue weighted by Crippen LogP contribution is 2.19. The lowest BCUT2D eigenvalue weighted by molar-refractivity contribution is 0.961. The fourth-order valence-corrected chi connectivity index (χ4v) is 1.46. The summed E-state index contributed by atoms with van der Waals surface area (Å²) < 4.78 is 1.78. The number of aromatic nitrogens is 2. The van der Waals surface area contributed by atoms with Crippen LogP contribution in [0.3, 0.4) is 0 Å². The van der Waals surface area contributed by atoms with E-state index >= 15 is 0 Å². The average molecular weight is 197 g/mol. The first-order valence-corrected chi connectivity index (χ1v) is 4.75. The van der Waals surface area contributed by atoms with Crippen LogP contribution in [0.15, 0.2) is 24.5 Å². The molecule has 13 heavy (non-hydrogen) atoms. The number of hydrogen-bond donors (Lipinski definition) is 0. The SMILES string of the molecule is CC.Cc1cnn2cccc(Cl)c12. The summed E-state index contributed by atoms with van der Waals surface area (Å²) >= 11 is 5.94. The van der Waals surface area contributed by atoms with Gasteiger partial charge in [0.05, 0.1) is 16.7 Å². The summed E-state index contributed by atoms with van der Waals surface area (Å²) in [5, 5.41) is 4.86. The Bertz CT molecular complexity index is 393. The zero-order valence-corrected chi connectivity index (χ0v) is 8.84. The van der Waals surface area contributed by atoms with Crippen LogP contribution in [0, 0.1) is 6.92 Å². The fourth-order valence-electron chi connectivity index (χ4n) is 1.15. The van der Waals surface area contributed by atoms with E-state index in [0.29, 0.717) is 0 Å². The molecule has 2 heterocycles. The molecule has 0 N–H and O–H groups in total. The molecule has 0 unspecified atom stereocenters. The van der Waals surface area contributed by atoms with Gasteiger partial charge in [-0.05, 0) is 24.6 Å². The van der Waals surface area contributed by atoms with Crippen molar-refractivity contribution in [1.29, 1.82) is 0 Å². The Kier molecular flexibility index (Phi) is 3.32. The highest BCUT2D eigenvalue weighted by molar-refractivity contribution is 6.33. The average Bonchev–Trinajstić information content (AvgIpc) is 2.53. The van der Waals surface area contributed by atoms with Crippen molar-refractivity contribution >= 4 is 17.1 Å². The minimum Gasteiger partial charge on any atom is -0.239 e. The van der Waals surface area contributed by atoms with Gasteiger partial charge < -0.3 is 0 Å². The van der Waals surface area contributed by atoms with E-state index in [4.69, 9.17) is 11.6 Å². The van der Waals surface area contributed by atoms with E-state index in [0.717, 1.165) is 16.1 Å². The first kappa shape index (κ1) is 10.1. The molecule has 0 spiro atoms. The lowest BCUT2D eigenvalue weighted by Gasteiger charge is -1.94. The number of nitrogens with zero attached hydrogens (tertiary/aromatic N) is 2. The monoisotopic (exact) mass is 196 g/mol. The lowest BCUT2D eigenvalue weighted by Crippen LogP contribution is -1.84. The van der Waals surface area contributed by atoms with Crippen LogP contribution in [0.5, 0.6) is 0 Å². The van der Waals surface area contributed by atoms with Crippen LogP contribution >= 0.6 is 11.6 Å². The number of hydrogen-bond acceptors (Lipinski definition) is 1. The second-order valence-electron chi connectivity index (χ2n) is 2.48. The Hall–Kier alpha value is -1.02. The van der Waals surface area contributed by atoms with Crippen LogP contribution in [-0.4, -0.2) is 9.61 Å². The Labute approximate surface area is 83.1 Å². The second-order valence-corrected chi connectivity index (χ2v) is 2.88. The highest BCUT2D eigenvalue weighted by Gasteiger charge is 2.01. The van der Waals surface area contributed by atoms with E-state index in [1.54, 1.807) is 10.7 Å². The number of halogens is 1. The van der Waals surface area contributed by atoms with Gasteiger partial charge in [0.25, 0.3) is 0 Å². The Morgan fingerprint density at radius 1 is 1.38 bits per heavy atom. The summed E-state index contributed by atoms with van der Waals surface area (Å²) in [4.78, 5) is 0. The minimum atomic E-state index is 0.752. The lowest BCUT2D eigenvalue weighted by atomic mass is 10.3. The number of pyridine rings is 1. The summed E-state index contributed by atoms with van der Waals surface area (Å²) in [6.07, 6.45) is 3.69. The molecule has 0 aliphatic rings. The molecule has 2 rings (SSSR count). The minimum absolute atomic E-state index is 0.752. The molecule has 0 aliphatic carbocycles. The molecule has 0 saturated carbocycles. The van der Waals surface area contributed by atoms with Crippen molar-refractivity contribution in [2.24, 2.45) is 0 Å². The quantitative estimate of drug-likeness (QED) is 0.632. The van der Waals surface area contributed by atoms with Gasteiger partial charge in [0.15, 0.2) is 0 Å². The fraction of sp³-hybridized carbons (Fsp3) is 0.300. The van der Waals surface area contributed by atoms with Gasteiger partial charge in [0.1, 0.15) is 0 Å². The maximum Gasteiger partial charge on any atom is 0.0876 e. The summed E-state index contributed by atoms with van der Waals surface area (Å²) in [6.45, 7) is 5.99. The van der Waals surface area contributed by atoms with E-state index in [1.165, 1.54) is 0 Å². The Morgan fingerprint density at radius 3 is 2.69 bits per heavy atom. The first-order chi connectivity index (χ1) is 6.29. The zero-order valence-electron chi connectivity index (χ0n) is 8.08. The summed E-state index contributed by atoms with van der Waals surface area (Å²) in [7, 11) is 0. The second kappa shape index (κ2) is 4.28. The summed E-state index contributed by atoms with van der Waals surface area (Å²) in [6, 6.07) is 3.74. The molecule has 0 bridgehead atoms. The molecule has 0 radical (unpaired) electrons. The largest absolute Gasteiger partial charge is 0.239 e. The van der Waals surface area contributed by atoms with Crippen molar-refractivity contribution in [3.05, 3.63) is 35.1 Å². The van der Waals surface area contributed by atoms with Crippen molar-refractivity contribution in [3.8, 4) is 0 Å². The zero-order chi connectivity index (χ0) is 9.84. The summed E-state index contributed by atoms with van der Waals surface area (Å²) in [5.74, 6) is 0. The van der Waals surface area contributed by atoms with Crippen LogP contribution in [0.4, 0.5) is 0 Å². The molecule has 0 saturated heterocycles. The van der Waals surface area contributed by atoms with Crippen LogP contribution in [-0.2, 0) is 0 Å². The van der Waals surface area contributed by atoms with E-state index in [1.807, 2.05) is 39.1 Å². The number of fused-ring (bicyclic) bond motifs is 1. The van der Waals surface area contributed by atoms with Gasteiger partial charge in [0.2, 0.25) is 0 Å². The van der Waals surface area contributed by atoms with E-state index in [-0.39, 0.29) is 0 Å². The van der Waals surface area contributed by atoms with E-state index < -0.39 is 0 Å². The summed E-state index contributed by atoms with van der Waals surface area (Å²) in [5.41, 5.74) is 2.10. The van der Waals surface area contributed by atoms with Crippen molar-refractivity contribution in [2.75, 3.05) is 0 Å². The Balaban J connectivity index is 0.000000396. The van der Waals surface area contributed by atoms with Gasteiger partial charge in [-0.25, -0.2) is 4.52 Å². The third kappa shape index (κ3) is 1.83. The normalized spacial score (nSPS) is 9.54. The van der Waals surface area contributed by atoms with E-state index in [2.05, 4.69) is 5.10 Å². The van der Waals surface area contributed by atoms with Crippen molar-refractivity contribution in [1.82, 2.24) is 9.61 Å². The number of rotatable bonds is 0. The van der Waals surface area contributed by atoms with Gasteiger partial charge >= 0.3 is 0 Å². The molecule has 0 aliphatic heterocycles. The van der Waals surface area contributed by atoms with Crippen molar-refractivity contribution in [3.63, 3.8) is 0 Å². The van der Waals surface area contributed by atoms with Crippen LogP contribution in [0.25, 0.3) is 5.52 Å².